The lowest BCUT2D eigenvalue weighted by atomic mass is 10.4. The third-order valence-corrected chi connectivity index (χ3v) is 2.08. The maximum absolute atomic E-state index is 11.4. The van der Waals surface area contributed by atoms with E-state index in [1.54, 1.807) is 0 Å². The van der Waals surface area contributed by atoms with Crippen LogP contribution in [0.1, 0.15) is 5.69 Å². The molecule has 0 amide bonds. The number of halogens is 1. The molecule has 16 heavy (non-hydrogen) atoms. The molecule has 2 rings (SSSR count). The highest BCUT2D eigenvalue weighted by atomic mass is 35.5. The molecule has 0 aliphatic heterocycles. The quantitative estimate of drug-likeness (QED) is 0.813. The summed E-state index contributed by atoms with van der Waals surface area (Å²) in [4.78, 5) is 22.9. The Morgan fingerprint density at radius 1 is 1.25 bits per heavy atom. The molecule has 0 saturated carbocycles. The van der Waals surface area contributed by atoms with Gasteiger partial charge in [0.25, 0.3) is 0 Å². The molecule has 2 heterocycles. The highest BCUT2D eigenvalue weighted by Crippen LogP contribution is 2.03. The Bertz CT molecular complexity index is 551. The van der Waals surface area contributed by atoms with Crippen molar-refractivity contribution in [1.82, 2.24) is 19.5 Å². The summed E-state index contributed by atoms with van der Waals surface area (Å²) in [6.45, 7) is 0.264. The summed E-state index contributed by atoms with van der Waals surface area (Å²) in [5, 5.41) is 0.392. The third-order valence-electron chi connectivity index (χ3n) is 1.88. The van der Waals surface area contributed by atoms with E-state index in [0.29, 0.717) is 16.5 Å². The van der Waals surface area contributed by atoms with Crippen molar-refractivity contribution in [2.24, 2.45) is 0 Å². The first kappa shape index (κ1) is 10.6. The molecule has 2 N–H and O–H groups in total. The smallest absolute Gasteiger partial charge is 0.347 e. The number of nitrogens with two attached hydrogens (primary N) is 1. The minimum Gasteiger partial charge on any atom is -0.382 e. The van der Waals surface area contributed by atoms with Gasteiger partial charge < -0.3 is 5.73 Å². The van der Waals surface area contributed by atoms with Crippen LogP contribution in [0.15, 0.2) is 29.6 Å². The monoisotopic (exact) mass is 237 g/mol. The summed E-state index contributed by atoms with van der Waals surface area (Å²) in [6, 6.07) is 0. The van der Waals surface area contributed by atoms with Gasteiger partial charge in [-0.2, -0.15) is 0 Å². The number of aromatic nitrogens is 4. The molecule has 0 saturated heterocycles. The van der Waals surface area contributed by atoms with E-state index in [2.05, 4.69) is 15.0 Å². The van der Waals surface area contributed by atoms with Crippen molar-refractivity contribution < 1.29 is 0 Å². The van der Waals surface area contributed by atoms with Crippen LogP contribution in [0.5, 0.6) is 0 Å². The predicted octanol–water partition coefficient (Wildman–Crippen LogP) is 0.317. The Morgan fingerprint density at radius 2 is 2.06 bits per heavy atom. The van der Waals surface area contributed by atoms with Gasteiger partial charge in [-0.05, 0) is 0 Å². The Morgan fingerprint density at radius 3 is 2.75 bits per heavy atom. The fourth-order valence-corrected chi connectivity index (χ4v) is 1.33. The second-order valence-electron chi connectivity index (χ2n) is 3.12. The fraction of sp³-hybridized carbons (Fsp3) is 0.111. The summed E-state index contributed by atoms with van der Waals surface area (Å²) in [5.74, 6) is 0.334. The van der Waals surface area contributed by atoms with Crippen molar-refractivity contribution in [2.75, 3.05) is 5.73 Å². The van der Waals surface area contributed by atoms with Gasteiger partial charge in [-0.15, -0.1) is 0 Å². The molecule has 7 heteroatoms. The maximum Gasteiger partial charge on any atom is 0.347 e. The van der Waals surface area contributed by atoms with E-state index in [9.17, 15) is 4.79 Å². The molecule has 0 aliphatic rings. The topological polar surface area (TPSA) is 86.7 Å². The van der Waals surface area contributed by atoms with E-state index in [0.717, 1.165) is 0 Å². The van der Waals surface area contributed by atoms with Crippen molar-refractivity contribution in [2.45, 2.75) is 6.54 Å². The molecule has 2 aromatic heterocycles. The predicted molar refractivity (Wildman–Crippen MR) is 59.1 cm³/mol. The van der Waals surface area contributed by atoms with Crippen LogP contribution in [0.25, 0.3) is 0 Å². The molecule has 0 aliphatic carbocycles. The van der Waals surface area contributed by atoms with Gasteiger partial charge in [0.05, 0.1) is 35.9 Å². The Labute approximate surface area is 95.7 Å². The minimum absolute atomic E-state index is 0.264. The lowest BCUT2D eigenvalue weighted by molar-refractivity contribution is 0.708. The molecule has 0 spiro atoms. The molecule has 0 radical (unpaired) electrons. The maximum atomic E-state index is 11.4. The molecule has 0 atom stereocenters. The molecule has 0 bridgehead atoms. The Balaban J connectivity index is 2.30. The van der Waals surface area contributed by atoms with Gasteiger partial charge in [0.1, 0.15) is 5.82 Å². The van der Waals surface area contributed by atoms with Crippen LogP contribution in [0.2, 0.25) is 5.02 Å². The van der Waals surface area contributed by atoms with Crippen LogP contribution < -0.4 is 11.4 Å². The molecular weight excluding hydrogens is 230 g/mol. The molecule has 2 aromatic rings. The van der Waals surface area contributed by atoms with Crippen molar-refractivity contribution in [1.29, 1.82) is 0 Å². The first-order valence-electron chi connectivity index (χ1n) is 4.43. The molecule has 0 unspecified atom stereocenters. The van der Waals surface area contributed by atoms with E-state index in [1.165, 1.54) is 29.4 Å². The van der Waals surface area contributed by atoms with Gasteiger partial charge in [-0.1, -0.05) is 11.6 Å². The number of nitrogens with zero attached hydrogens (tertiary/aromatic N) is 4. The van der Waals surface area contributed by atoms with Crippen LogP contribution in [-0.2, 0) is 6.54 Å². The Kier molecular flexibility index (Phi) is 2.82. The van der Waals surface area contributed by atoms with E-state index in [4.69, 9.17) is 17.3 Å². The molecule has 0 fully saturated rings. The van der Waals surface area contributed by atoms with E-state index in [1.807, 2.05) is 0 Å². The Hall–Kier alpha value is -1.95. The molecular formula is C9H8ClN5O. The minimum atomic E-state index is -0.386. The second kappa shape index (κ2) is 4.28. The lowest BCUT2D eigenvalue weighted by Gasteiger charge is -2.04. The number of hydrogen-bond acceptors (Lipinski definition) is 5. The van der Waals surface area contributed by atoms with Crippen LogP contribution >= 0.6 is 11.6 Å². The van der Waals surface area contributed by atoms with Gasteiger partial charge in [-0.3, -0.25) is 9.55 Å². The summed E-state index contributed by atoms with van der Waals surface area (Å²) in [6.07, 6.45) is 5.73. The number of rotatable bonds is 2. The van der Waals surface area contributed by atoms with Gasteiger partial charge in [0.15, 0.2) is 0 Å². The van der Waals surface area contributed by atoms with Crippen LogP contribution in [-0.4, -0.2) is 19.5 Å². The zero-order valence-corrected chi connectivity index (χ0v) is 8.92. The summed E-state index contributed by atoms with van der Waals surface area (Å²) < 4.78 is 1.35. The number of anilines is 1. The van der Waals surface area contributed by atoms with Crippen molar-refractivity contribution in [3.63, 3.8) is 0 Å². The average Bonchev–Trinajstić information content (AvgIpc) is 2.27. The summed E-state index contributed by atoms with van der Waals surface area (Å²) in [5.41, 5.74) is 5.62. The van der Waals surface area contributed by atoms with E-state index >= 15 is 0 Å². The first-order valence-corrected chi connectivity index (χ1v) is 4.81. The van der Waals surface area contributed by atoms with Gasteiger partial charge in [0.2, 0.25) is 0 Å². The number of nitrogen functional groups attached to an aromatic ring is 1. The first-order chi connectivity index (χ1) is 7.65. The summed E-state index contributed by atoms with van der Waals surface area (Å²) in [7, 11) is 0. The van der Waals surface area contributed by atoms with E-state index in [-0.39, 0.29) is 12.2 Å². The van der Waals surface area contributed by atoms with Crippen LogP contribution in [0.3, 0.4) is 0 Å². The largest absolute Gasteiger partial charge is 0.382 e. The average molecular weight is 238 g/mol. The third kappa shape index (κ3) is 2.34. The van der Waals surface area contributed by atoms with E-state index < -0.39 is 0 Å². The van der Waals surface area contributed by atoms with Crippen molar-refractivity contribution >= 4 is 17.4 Å². The highest BCUT2D eigenvalue weighted by molar-refractivity contribution is 6.30. The van der Waals surface area contributed by atoms with Crippen LogP contribution in [0, 0.1) is 0 Å². The second-order valence-corrected chi connectivity index (χ2v) is 3.55. The molecule has 0 aromatic carbocycles. The van der Waals surface area contributed by atoms with Crippen LogP contribution in [0.4, 0.5) is 5.82 Å². The normalized spacial score (nSPS) is 10.3. The van der Waals surface area contributed by atoms with Crippen molar-refractivity contribution in [3.8, 4) is 0 Å². The van der Waals surface area contributed by atoms with Gasteiger partial charge in [-0.25, -0.2) is 14.8 Å². The highest BCUT2D eigenvalue weighted by Gasteiger charge is 2.01. The zero-order chi connectivity index (χ0) is 11.5. The van der Waals surface area contributed by atoms with Crippen molar-refractivity contribution in [3.05, 3.63) is 46.0 Å². The lowest BCUT2D eigenvalue weighted by Crippen LogP contribution is -2.22. The van der Waals surface area contributed by atoms with Gasteiger partial charge >= 0.3 is 5.69 Å². The molecule has 82 valence electrons. The molecule has 6 nitrogen and oxygen atoms in total. The SMILES string of the molecule is Nc1cnc(Cn2cc(Cl)cnc2=O)cn1. The number of hydrogen-bond donors (Lipinski definition) is 1. The summed E-state index contributed by atoms with van der Waals surface area (Å²) >= 11 is 5.73. The standard InChI is InChI=1S/C9H8ClN5O/c10-6-1-14-9(16)15(4-6)5-7-2-13-8(11)3-12-7/h1-4H,5H2,(H2,11,13). The fourth-order valence-electron chi connectivity index (χ4n) is 1.16. The van der Waals surface area contributed by atoms with Gasteiger partial charge in [0, 0.05) is 6.20 Å². The zero-order valence-electron chi connectivity index (χ0n) is 8.17.